The zero-order chi connectivity index (χ0) is 14.0. The summed E-state index contributed by atoms with van der Waals surface area (Å²) < 4.78 is 0. The Kier molecular flexibility index (Phi) is 4.67. The van der Waals surface area contributed by atoms with Gasteiger partial charge in [0.2, 0.25) is 0 Å². The Morgan fingerprint density at radius 3 is 2.42 bits per heavy atom. The fraction of sp³-hybridized carbons (Fsp3) is 0.667. The average Bonchev–Trinajstić information content (AvgIpc) is 2.77. The van der Waals surface area contributed by atoms with E-state index in [1.54, 1.807) is 0 Å². The van der Waals surface area contributed by atoms with Gasteiger partial charge in [0.25, 0.3) is 0 Å². The molecule has 1 aliphatic carbocycles. The maximum Gasteiger partial charge on any atom is 0.0294 e. The fourth-order valence-corrected chi connectivity index (χ4v) is 3.41. The molecule has 0 radical (unpaired) electrons. The van der Waals surface area contributed by atoms with Crippen molar-refractivity contribution in [1.29, 1.82) is 0 Å². The summed E-state index contributed by atoms with van der Waals surface area (Å²) in [5.41, 5.74) is 5.69. The first-order valence-electron chi connectivity index (χ1n) is 7.78. The van der Waals surface area contributed by atoms with Crippen LogP contribution in [0.3, 0.4) is 0 Å². The summed E-state index contributed by atoms with van der Waals surface area (Å²) in [5, 5.41) is 3.75. The monoisotopic (exact) mass is 259 g/mol. The lowest BCUT2D eigenvalue weighted by molar-refractivity contribution is 0.439. The molecule has 3 unspecified atom stereocenters. The van der Waals surface area contributed by atoms with Gasteiger partial charge >= 0.3 is 0 Å². The summed E-state index contributed by atoms with van der Waals surface area (Å²) in [6.45, 7) is 12.5. The van der Waals surface area contributed by atoms with E-state index in [1.165, 1.54) is 48.1 Å². The van der Waals surface area contributed by atoms with Crippen LogP contribution in [0, 0.1) is 32.6 Å². The van der Waals surface area contributed by atoms with E-state index in [4.69, 9.17) is 0 Å². The minimum absolute atomic E-state index is 0.468. The molecule has 1 aromatic rings. The van der Waals surface area contributed by atoms with E-state index in [2.05, 4.69) is 52.1 Å². The second kappa shape index (κ2) is 6.09. The van der Waals surface area contributed by atoms with E-state index in [1.807, 2.05) is 0 Å². The molecule has 19 heavy (non-hydrogen) atoms. The summed E-state index contributed by atoms with van der Waals surface area (Å²) in [6.07, 6.45) is 4.24. The standard InChI is InChI=1S/C18H29N/c1-12-6-7-17(8-12)11-19-16(5)18-10-14(3)13(2)9-15(18)4/h9-10,12,16-17,19H,6-8,11H2,1-5H3. The summed E-state index contributed by atoms with van der Waals surface area (Å²) in [7, 11) is 0. The van der Waals surface area contributed by atoms with Crippen LogP contribution in [-0.2, 0) is 0 Å². The predicted octanol–water partition coefficient (Wildman–Crippen LogP) is 4.70. The molecule has 0 saturated heterocycles. The van der Waals surface area contributed by atoms with E-state index in [0.717, 1.165) is 11.8 Å². The Balaban J connectivity index is 1.96. The van der Waals surface area contributed by atoms with E-state index in [9.17, 15) is 0 Å². The summed E-state index contributed by atoms with van der Waals surface area (Å²) >= 11 is 0. The molecule has 1 N–H and O–H groups in total. The van der Waals surface area contributed by atoms with Crippen molar-refractivity contribution in [3.8, 4) is 0 Å². The van der Waals surface area contributed by atoms with E-state index in [-0.39, 0.29) is 0 Å². The van der Waals surface area contributed by atoms with Gasteiger partial charge in [0.1, 0.15) is 0 Å². The maximum atomic E-state index is 3.75. The van der Waals surface area contributed by atoms with Crippen molar-refractivity contribution < 1.29 is 0 Å². The number of benzene rings is 1. The number of nitrogens with one attached hydrogen (secondary N) is 1. The molecule has 1 fully saturated rings. The third-order valence-corrected chi connectivity index (χ3v) is 4.87. The summed E-state index contributed by atoms with van der Waals surface area (Å²) in [6, 6.07) is 5.15. The normalized spacial score (nSPS) is 24.7. The van der Waals surface area contributed by atoms with E-state index in [0.29, 0.717) is 6.04 Å². The van der Waals surface area contributed by atoms with Crippen LogP contribution in [0.25, 0.3) is 0 Å². The van der Waals surface area contributed by atoms with Crippen LogP contribution in [0.4, 0.5) is 0 Å². The van der Waals surface area contributed by atoms with Crippen LogP contribution in [0.1, 0.15) is 61.4 Å². The zero-order valence-corrected chi connectivity index (χ0v) is 13.2. The number of aryl methyl sites for hydroxylation is 3. The molecule has 1 aliphatic rings. The highest BCUT2D eigenvalue weighted by Gasteiger charge is 2.21. The number of hydrogen-bond acceptors (Lipinski definition) is 1. The lowest BCUT2D eigenvalue weighted by Gasteiger charge is -2.20. The SMILES string of the molecule is Cc1cc(C)c(C(C)NCC2CCC(C)C2)cc1C. The Morgan fingerprint density at radius 2 is 1.79 bits per heavy atom. The van der Waals surface area contributed by atoms with E-state index < -0.39 is 0 Å². The predicted molar refractivity (Wildman–Crippen MR) is 83.6 cm³/mol. The van der Waals surface area contributed by atoms with Crippen molar-refractivity contribution in [2.45, 2.75) is 59.9 Å². The molecule has 2 rings (SSSR count). The Morgan fingerprint density at radius 1 is 1.11 bits per heavy atom. The average molecular weight is 259 g/mol. The van der Waals surface area contributed by atoms with Crippen molar-refractivity contribution in [2.24, 2.45) is 11.8 Å². The van der Waals surface area contributed by atoms with Gasteiger partial charge in [-0.1, -0.05) is 25.5 Å². The van der Waals surface area contributed by atoms with Crippen LogP contribution in [0.2, 0.25) is 0 Å². The molecule has 0 heterocycles. The minimum atomic E-state index is 0.468. The van der Waals surface area contributed by atoms with Gasteiger partial charge in [-0.05, 0) is 81.2 Å². The molecule has 1 saturated carbocycles. The van der Waals surface area contributed by atoms with Crippen molar-refractivity contribution in [2.75, 3.05) is 6.54 Å². The Hall–Kier alpha value is -0.820. The molecule has 1 heteroatoms. The first-order valence-corrected chi connectivity index (χ1v) is 7.78. The third-order valence-electron chi connectivity index (χ3n) is 4.87. The van der Waals surface area contributed by atoms with Gasteiger partial charge < -0.3 is 5.32 Å². The highest BCUT2D eigenvalue weighted by molar-refractivity contribution is 5.38. The van der Waals surface area contributed by atoms with Gasteiger partial charge in [0, 0.05) is 6.04 Å². The largest absolute Gasteiger partial charge is 0.310 e. The lowest BCUT2D eigenvalue weighted by atomic mass is 9.96. The second-order valence-electron chi connectivity index (χ2n) is 6.71. The molecule has 1 aromatic carbocycles. The van der Waals surface area contributed by atoms with Gasteiger partial charge in [0.05, 0.1) is 0 Å². The number of hydrogen-bond donors (Lipinski definition) is 1. The summed E-state index contributed by atoms with van der Waals surface area (Å²) in [4.78, 5) is 0. The highest BCUT2D eigenvalue weighted by atomic mass is 14.9. The van der Waals surface area contributed by atoms with Gasteiger partial charge in [-0.15, -0.1) is 0 Å². The quantitative estimate of drug-likeness (QED) is 0.826. The molecular weight excluding hydrogens is 230 g/mol. The molecule has 3 atom stereocenters. The highest BCUT2D eigenvalue weighted by Crippen LogP contribution is 2.30. The van der Waals surface area contributed by atoms with Gasteiger partial charge in [-0.3, -0.25) is 0 Å². The maximum absolute atomic E-state index is 3.75. The molecule has 0 aromatic heterocycles. The molecule has 0 spiro atoms. The lowest BCUT2D eigenvalue weighted by Crippen LogP contribution is -2.25. The zero-order valence-electron chi connectivity index (χ0n) is 13.2. The number of rotatable bonds is 4. The molecule has 0 amide bonds. The third kappa shape index (κ3) is 3.60. The Bertz CT molecular complexity index is 436. The first kappa shape index (κ1) is 14.6. The van der Waals surface area contributed by atoms with Crippen molar-refractivity contribution in [3.63, 3.8) is 0 Å². The van der Waals surface area contributed by atoms with Crippen LogP contribution < -0.4 is 5.32 Å². The van der Waals surface area contributed by atoms with Crippen LogP contribution in [-0.4, -0.2) is 6.54 Å². The van der Waals surface area contributed by atoms with Crippen molar-refractivity contribution in [1.82, 2.24) is 5.32 Å². The van der Waals surface area contributed by atoms with Crippen LogP contribution in [0.5, 0.6) is 0 Å². The Labute approximate surface area is 118 Å². The second-order valence-corrected chi connectivity index (χ2v) is 6.71. The summed E-state index contributed by atoms with van der Waals surface area (Å²) in [5.74, 6) is 1.83. The molecule has 106 valence electrons. The smallest absolute Gasteiger partial charge is 0.0294 e. The van der Waals surface area contributed by atoms with E-state index >= 15 is 0 Å². The van der Waals surface area contributed by atoms with Crippen LogP contribution >= 0.6 is 0 Å². The molecular formula is C18H29N. The van der Waals surface area contributed by atoms with Gasteiger partial charge in [0.15, 0.2) is 0 Å². The molecule has 0 bridgehead atoms. The molecule has 0 aliphatic heterocycles. The fourth-order valence-electron chi connectivity index (χ4n) is 3.41. The molecule has 1 nitrogen and oxygen atoms in total. The van der Waals surface area contributed by atoms with Gasteiger partial charge in [-0.25, -0.2) is 0 Å². The van der Waals surface area contributed by atoms with Gasteiger partial charge in [-0.2, -0.15) is 0 Å². The van der Waals surface area contributed by atoms with Crippen molar-refractivity contribution in [3.05, 3.63) is 34.4 Å². The van der Waals surface area contributed by atoms with Crippen LogP contribution in [0.15, 0.2) is 12.1 Å². The van der Waals surface area contributed by atoms with Crippen molar-refractivity contribution >= 4 is 0 Å². The minimum Gasteiger partial charge on any atom is -0.310 e. The topological polar surface area (TPSA) is 12.0 Å². The first-order chi connectivity index (χ1) is 8.97.